The standard InChI is InChI=1S/C12H15Cl2FO3S/c1-9(5-7-19(14,16)17)4-6-18-10-2-3-11(13)12(15)8-10/h2-3,8-9H,4-7H2,1H3. The Balaban J connectivity index is 2.31. The van der Waals surface area contributed by atoms with Crippen LogP contribution in [0.3, 0.4) is 0 Å². The van der Waals surface area contributed by atoms with E-state index >= 15 is 0 Å². The first-order chi connectivity index (χ1) is 8.78. The average Bonchev–Trinajstić information content (AvgIpc) is 2.30. The quantitative estimate of drug-likeness (QED) is 0.714. The first-order valence-corrected chi connectivity index (χ1v) is 8.64. The van der Waals surface area contributed by atoms with E-state index in [0.29, 0.717) is 25.2 Å². The SMILES string of the molecule is CC(CCOc1ccc(Cl)c(F)c1)CCS(=O)(=O)Cl. The van der Waals surface area contributed by atoms with Crippen molar-refractivity contribution in [3.05, 3.63) is 29.0 Å². The molecule has 19 heavy (non-hydrogen) atoms. The summed E-state index contributed by atoms with van der Waals surface area (Å²) in [5.74, 6) is -0.0177. The summed E-state index contributed by atoms with van der Waals surface area (Å²) in [6.45, 7) is 2.29. The van der Waals surface area contributed by atoms with Gasteiger partial charge in [0.05, 0.1) is 17.4 Å². The van der Waals surface area contributed by atoms with Crippen LogP contribution in [0.1, 0.15) is 19.8 Å². The van der Waals surface area contributed by atoms with Gasteiger partial charge in [-0.15, -0.1) is 0 Å². The van der Waals surface area contributed by atoms with Crippen LogP contribution in [-0.2, 0) is 9.05 Å². The maximum atomic E-state index is 13.1. The summed E-state index contributed by atoms with van der Waals surface area (Å²) in [6.07, 6.45) is 1.14. The molecule has 0 aliphatic rings. The van der Waals surface area contributed by atoms with E-state index < -0.39 is 14.9 Å². The highest BCUT2D eigenvalue weighted by Gasteiger charge is 2.10. The Morgan fingerprint density at radius 3 is 2.63 bits per heavy atom. The molecule has 0 radical (unpaired) electrons. The summed E-state index contributed by atoms with van der Waals surface area (Å²) in [5.41, 5.74) is 0. The molecule has 108 valence electrons. The van der Waals surface area contributed by atoms with Gasteiger partial charge in [-0.2, -0.15) is 0 Å². The first-order valence-electron chi connectivity index (χ1n) is 5.78. The summed E-state index contributed by atoms with van der Waals surface area (Å²) in [6, 6.07) is 4.23. The van der Waals surface area contributed by atoms with Gasteiger partial charge in [-0.25, -0.2) is 12.8 Å². The van der Waals surface area contributed by atoms with Crippen molar-refractivity contribution in [3.8, 4) is 5.75 Å². The second-order valence-electron chi connectivity index (χ2n) is 4.35. The number of hydrogen-bond acceptors (Lipinski definition) is 3. The van der Waals surface area contributed by atoms with Gasteiger partial charge in [0.25, 0.3) is 0 Å². The maximum Gasteiger partial charge on any atom is 0.232 e. The zero-order valence-corrected chi connectivity index (χ0v) is 12.7. The van der Waals surface area contributed by atoms with Crippen LogP contribution in [0.4, 0.5) is 4.39 Å². The van der Waals surface area contributed by atoms with Gasteiger partial charge >= 0.3 is 0 Å². The summed E-state index contributed by atoms with van der Waals surface area (Å²) >= 11 is 5.55. The first kappa shape index (κ1) is 16.5. The van der Waals surface area contributed by atoms with Crippen molar-refractivity contribution in [2.75, 3.05) is 12.4 Å². The lowest BCUT2D eigenvalue weighted by molar-refractivity contribution is 0.281. The minimum atomic E-state index is -3.44. The molecule has 0 aromatic heterocycles. The van der Waals surface area contributed by atoms with Gasteiger partial charge in [0.15, 0.2) is 0 Å². The van der Waals surface area contributed by atoms with Crippen molar-refractivity contribution < 1.29 is 17.5 Å². The van der Waals surface area contributed by atoms with E-state index in [-0.39, 0.29) is 16.7 Å². The molecule has 1 atom stereocenters. The molecule has 1 unspecified atom stereocenters. The fraction of sp³-hybridized carbons (Fsp3) is 0.500. The monoisotopic (exact) mass is 328 g/mol. The molecule has 1 aromatic rings. The van der Waals surface area contributed by atoms with Gasteiger partial charge in [0.1, 0.15) is 11.6 Å². The number of ether oxygens (including phenoxy) is 1. The lowest BCUT2D eigenvalue weighted by Gasteiger charge is -2.11. The lowest BCUT2D eigenvalue weighted by atomic mass is 10.1. The van der Waals surface area contributed by atoms with Gasteiger partial charge in [-0.1, -0.05) is 18.5 Å². The molecular formula is C12H15Cl2FO3S. The highest BCUT2D eigenvalue weighted by atomic mass is 35.7. The number of hydrogen-bond donors (Lipinski definition) is 0. The molecule has 7 heteroatoms. The van der Waals surface area contributed by atoms with Crippen LogP contribution >= 0.6 is 22.3 Å². The molecule has 0 spiro atoms. The van der Waals surface area contributed by atoms with E-state index in [9.17, 15) is 12.8 Å². The molecule has 0 aliphatic heterocycles. The maximum absolute atomic E-state index is 13.1. The molecule has 0 amide bonds. The van der Waals surface area contributed by atoms with Gasteiger partial charge in [0.2, 0.25) is 9.05 Å². The van der Waals surface area contributed by atoms with Gasteiger partial charge < -0.3 is 4.74 Å². The van der Waals surface area contributed by atoms with Crippen molar-refractivity contribution in [3.63, 3.8) is 0 Å². The minimum Gasteiger partial charge on any atom is -0.493 e. The van der Waals surface area contributed by atoms with E-state index in [4.69, 9.17) is 27.0 Å². The van der Waals surface area contributed by atoms with Crippen molar-refractivity contribution >= 4 is 31.3 Å². The fourth-order valence-corrected chi connectivity index (χ4v) is 2.50. The van der Waals surface area contributed by atoms with Crippen LogP contribution in [0.5, 0.6) is 5.75 Å². The highest BCUT2D eigenvalue weighted by molar-refractivity contribution is 8.13. The third-order valence-electron chi connectivity index (χ3n) is 2.62. The van der Waals surface area contributed by atoms with Crippen molar-refractivity contribution in [2.24, 2.45) is 5.92 Å². The molecule has 0 saturated carbocycles. The topological polar surface area (TPSA) is 43.4 Å². The third kappa shape index (κ3) is 6.99. The number of benzene rings is 1. The van der Waals surface area contributed by atoms with Crippen LogP contribution in [0.15, 0.2) is 18.2 Å². The molecule has 0 saturated heterocycles. The Hall–Kier alpha value is -0.520. The lowest BCUT2D eigenvalue weighted by Crippen LogP contribution is -2.08. The number of halogens is 3. The molecule has 1 rings (SSSR count). The molecule has 1 aromatic carbocycles. The average molecular weight is 329 g/mol. The normalized spacial score (nSPS) is 13.3. The molecular weight excluding hydrogens is 314 g/mol. The largest absolute Gasteiger partial charge is 0.493 e. The van der Waals surface area contributed by atoms with E-state index in [0.717, 1.165) is 0 Å². The Bertz CT molecular complexity index is 520. The smallest absolute Gasteiger partial charge is 0.232 e. The van der Waals surface area contributed by atoms with Crippen LogP contribution in [0.25, 0.3) is 0 Å². The summed E-state index contributed by atoms with van der Waals surface area (Å²) in [5, 5.41) is 0.0491. The van der Waals surface area contributed by atoms with Crippen molar-refractivity contribution in [1.82, 2.24) is 0 Å². The van der Waals surface area contributed by atoms with Crippen molar-refractivity contribution in [1.29, 1.82) is 0 Å². The van der Waals surface area contributed by atoms with E-state index in [2.05, 4.69) is 0 Å². The predicted octanol–water partition coefficient (Wildman–Crippen LogP) is 3.84. The van der Waals surface area contributed by atoms with Gasteiger partial charge in [0, 0.05) is 16.7 Å². The molecule has 0 N–H and O–H groups in total. The van der Waals surface area contributed by atoms with Gasteiger partial charge in [-0.05, 0) is 30.9 Å². The Kier molecular flexibility index (Phi) is 6.36. The molecule has 0 aliphatic carbocycles. The Morgan fingerprint density at radius 2 is 2.05 bits per heavy atom. The zero-order chi connectivity index (χ0) is 14.5. The summed E-state index contributed by atoms with van der Waals surface area (Å²) in [4.78, 5) is 0. The Morgan fingerprint density at radius 1 is 1.37 bits per heavy atom. The second-order valence-corrected chi connectivity index (χ2v) is 7.65. The summed E-state index contributed by atoms with van der Waals surface area (Å²) in [7, 11) is 1.69. The van der Waals surface area contributed by atoms with Crippen LogP contribution in [0, 0.1) is 11.7 Å². The Labute approximate surface area is 122 Å². The molecule has 0 bridgehead atoms. The fourth-order valence-electron chi connectivity index (χ4n) is 1.43. The van der Waals surface area contributed by atoms with Crippen LogP contribution in [0.2, 0.25) is 5.02 Å². The summed E-state index contributed by atoms with van der Waals surface area (Å²) < 4.78 is 40.0. The molecule has 0 heterocycles. The highest BCUT2D eigenvalue weighted by Crippen LogP contribution is 2.21. The number of rotatable bonds is 7. The van der Waals surface area contributed by atoms with Crippen LogP contribution < -0.4 is 4.74 Å². The van der Waals surface area contributed by atoms with Crippen molar-refractivity contribution in [2.45, 2.75) is 19.8 Å². The molecule has 0 fully saturated rings. The molecule has 3 nitrogen and oxygen atoms in total. The third-order valence-corrected chi connectivity index (χ3v) is 4.12. The van der Waals surface area contributed by atoms with E-state index in [1.165, 1.54) is 12.1 Å². The predicted molar refractivity (Wildman–Crippen MR) is 74.9 cm³/mol. The second kappa shape index (κ2) is 7.31. The van der Waals surface area contributed by atoms with Gasteiger partial charge in [-0.3, -0.25) is 0 Å². The van der Waals surface area contributed by atoms with E-state index in [1.807, 2.05) is 6.92 Å². The minimum absolute atomic E-state index is 0.0491. The zero-order valence-electron chi connectivity index (χ0n) is 10.4. The van der Waals surface area contributed by atoms with Crippen LogP contribution in [-0.4, -0.2) is 20.8 Å². The van der Waals surface area contributed by atoms with E-state index in [1.54, 1.807) is 6.07 Å².